The molecule has 0 aliphatic heterocycles. The third-order valence-corrected chi connectivity index (χ3v) is 3.67. The number of alkyl halides is 3. The van der Waals surface area contributed by atoms with E-state index in [-0.39, 0.29) is 23.3 Å². The first-order chi connectivity index (χ1) is 11.3. The van der Waals surface area contributed by atoms with E-state index in [1.54, 1.807) is 23.5 Å². The number of nitrogens with one attached hydrogen (secondary N) is 2. The maximum Gasteiger partial charge on any atom is 0.405 e. The summed E-state index contributed by atoms with van der Waals surface area (Å²) < 4.78 is 41.3. The fourth-order valence-corrected chi connectivity index (χ4v) is 2.51. The van der Waals surface area contributed by atoms with Gasteiger partial charge in [0.2, 0.25) is 0 Å². The van der Waals surface area contributed by atoms with E-state index < -0.39 is 25.2 Å². The lowest BCUT2D eigenvalue weighted by atomic mass is 10.1. The molecule has 0 spiro atoms. The van der Waals surface area contributed by atoms with Crippen LogP contribution in [0.15, 0.2) is 24.3 Å². The molecule has 1 aromatic rings. The largest absolute Gasteiger partial charge is 0.483 e. The van der Waals surface area contributed by atoms with Crippen LogP contribution in [0.4, 0.5) is 13.2 Å². The first-order valence-electron chi connectivity index (χ1n) is 7.71. The average Bonchev–Trinajstić information content (AvgIpc) is 3.03. The molecule has 1 aliphatic carbocycles. The molecule has 5 nitrogen and oxygen atoms in total. The quantitative estimate of drug-likeness (QED) is 0.833. The van der Waals surface area contributed by atoms with Crippen molar-refractivity contribution in [3.8, 4) is 5.75 Å². The zero-order valence-corrected chi connectivity index (χ0v) is 13.0. The maximum atomic E-state index is 12.3. The SMILES string of the molecule is O=C(COc1ccccc1C(=O)NC1CCCC1)NCC(F)(F)F. The molecule has 24 heavy (non-hydrogen) atoms. The van der Waals surface area contributed by atoms with Gasteiger partial charge in [-0.25, -0.2) is 0 Å². The average molecular weight is 344 g/mol. The van der Waals surface area contributed by atoms with Gasteiger partial charge in [0, 0.05) is 6.04 Å². The van der Waals surface area contributed by atoms with Crippen LogP contribution in [0.2, 0.25) is 0 Å². The van der Waals surface area contributed by atoms with E-state index in [9.17, 15) is 22.8 Å². The van der Waals surface area contributed by atoms with Crippen LogP contribution in [0, 0.1) is 0 Å². The molecule has 1 aromatic carbocycles. The molecule has 132 valence electrons. The number of ether oxygens (including phenoxy) is 1. The van der Waals surface area contributed by atoms with Crippen LogP contribution >= 0.6 is 0 Å². The van der Waals surface area contributed by atoms with Crippen LogP contribution in [0.3, 0.4) is 0 Å². The minimum absolute atomic E-state index is 0.126. The van der Waals surface area contributed by atoms with Gasteiger partial charge in [-0.15, -0.1) is 0 Å². The smallest absolute Gasteiger partial charge is 0.405 e. The predicted octanol–water partition coefficient (Wildman–Crippen LogP) is 2.42. The Hall–Kier alpha value is -2.25. The van der Waals surface area contributed by atoms with Gasteiger partial charge in [0.05, 0.1) is 5.56 Å². The number of hydrogen-bond acceptors (Lipinski definition) is 3. The summed E-state index contributed by atoms with van der Waals surface area (Å²) in [5.41, 5.74) is 0.257. The second kappa shape index (κ2) is 8.03. The van der Waals surface area contributed by atoms with E-state index in [2.05, 4.69) is 5.32 Å². The van der Waals surface area contributed by atoms with E-state index in [1.165, 1.54) is 6.07 Å². The number of carbonyl (C=O) groups is 2. The molecule has 1 saturated carbocycles. The molecular formula is C16H19F3N2O3. The van der Waals surface area contributed by atoms with Crippen molar-refractivity contribution in [2.24, 2.45) is 0 Å². The van der Waals surface area contributed by atoms with Crippen LogP contribution in [0.1, 0.15) is 36.0 Å². The Labute approximate surface area is 137 Å². The molecule has 0 bridgehead atoms. The second-order valence-electron chi connectivity index (χ2n) is 5.63. The van der Waals surface area contributed by atoms with Crippen molar-refractivity contribution < 1.29 is 27.5 Å². The molecule has 1 aliphatic rings. The number of carbonyl (C=O) groups excluding carboxylic acids is 2. The number of para-hydroxylation sites is 1. The van der Waals surface area contributed by atoms with Crippen molar-refractivity contribution in [3.63, 3.8) is 0 Å². The Balaban J connectivity index is 1.90. The number of halogens is 3. The fourth-order valence-electron chi connectivity index (χ4n) is 2.51. The predicted molar refractivity (Wildman–Crippen MR) is 80.7 cm³/mol. The van der Waals surface area contributed by atoms with Crippen LogP contribution in [0.5, 0.6) is 5.75 Å². The number of hydrogen-bond donors (Lipinski definition) is 2. The number of benzene rings is 1. The standard InChI is InChI=1S/C16H19F3N2O3/c17-16(18,19)10-20-14(22)9-24-13-8-4-3-7-12(13)15(23)21-11-5-1-2-6-11/h3-4,7-8,11H,1-2,5-6,9-10H2,(H,20,22)(H,21,23). The number of amides is 2. The van der Waals surface area contributed by atoms with Gasteiger partial charge in [-0.3, -0.25) is 9.59 Å². The van der Waals surface area contributed by atoms with Crippen molar-refractivity contribution in [3.05, 3.63) is 29.8 Å². The molecule has 8 heteroatoms. The summed E-state index contributed by atoms with van der Waals surface area (Å²) in [7, 11) is 0. The minimum atomic E-state index is -4.48. The molecule has 0 unspecified atom stereocenters. The van der Waals surface area contributed by atoms with Crippen LogP contribution < -0.4 is 15.4 Å². The highest BCUT2D eigenvalue weighted by atomic mass is 19.4. The van der Waals surface area contributed by atoms with Crippen molar-refractivity contribution >= 4 is 11.8 Å². The molecule has 0 saturated heterocycles. The van der Waals surface area contributed by atoms with Gasteiger partial charge in [0.15, 0.2) is 6.61 Å². The van der Waals surface area contributed by atoms with Gasteiger partial charge in [-0.1, -0.05) is 25.0 Å². The van der Waals surface area contributed by atoms with E-state index >= 15 is 0 Å². The Morgan fingerprint density at radius 2 is 1.83 bits per heavy atom. The highest BCUT2D eigenvalue weighted by Crippen LogP contribution is 2.21. The molecule has 2 rings (SSSR count). The van der Waals surface area contributed by atoms with Gasteiger partial charge in [0.1, 0.15) is 12.3 Å². The summed E-state index contributed by atoms with van der Waals surface area (Å²) in [6, 6.07) is 6.45. The fraction of sp³-hybridized carbons (Fsp3) is 0.500. The zero-order chi connectivity index (χ0) is 17.6. The molecule has 2 N–H and O–H groups in total. The summed E-state index contributed by atoms with van der Waals surface area (Å²) in [5, 5.41) is 4.61. The summed E-state index contributed by atoms with van der Waals surface area (Å²) in [5.74, 6) is -1.05. The Kier molecular flexibility index (Phi) is 6.05. The molecule has 1 fully saturated rings. The first kappa shape index (κ1) is 18.1. The van der Waals surface area contributed by atoms with E-state index in [4.69, 9.17) is 4.74 Å². The lowest BCUT2D eigenvalue weighted by molar-refractivity contribution is -0.139. The highest BCUT2D eigenvalue weighted by Gasteiger charge is 2.27. The van der Waals surface area contributed by atoms with Crippen LogP contribution in [-0.4, -0.2) is 37.2 Å². The molecule has 2 amide bonds. The van der Waals surface area contributed by atoms with Crippen LogP contribution in [-0.2, 0) is 4.79 Å². The van der Waals surface area contributed by atoms with Gasteiger partial charge in [-0.2, -0.15) is 13.2 Å². The first-order valence-corrected chi connectivity index (χ1v) is 7.71. The van der Waals surface area contributed by atoms with E-state index in [0.717, 1.165) is 25.7 Å². The van der Waals surface area contributed by atoms with Crippen molar-refractivity contribution in [2.75, 3.05) is 13.2 Å². The van der Waals surface area contributed by atoms with Gasteiger partial charge in [0.25, 0.3) is 11.8 Å². The van der Waals surface area contributed by atoms with Crippen LogP contribution in [0.25, 0.3) is 0 Å². The topological polar surface area (TPSA) is 67.4 Å². The normalized spacial score (nSPS) is 15.1. The lowest BCUT2D eigenvalue weighted by Gasteiger charge is -2.15. The molecule has 0 aromatic heterocycles. The summed E-state index contributed by atoms with van der Waals surface area (Å²) in [6.45, 7) is -2.01. The van der Waals surface area contributed by atoms with Crippen molar-refractivity contribution in [1.82, 2.24) is 10.6 Å². The molecule has 0 atom stereocenters. The van der Waals surface area contributed by atoms with E-state index in [0.29, 0.717) is 0 Å². The maximum absolute atomic E-state index is 12.3. The van der Waals surface area contributed by atoms with Crippen molar-refractivity contribution in [2.45, 2.75) is 37.9 Å². The lowest BCUT2D eigenvalue weighted by Crippen LogP contribution is -2.37. The summed E-state index contributed by atoms with van der Waals surface area (Å²) in [6.07, 6.45) is -0.483. The molecule has 0 heterocycles. The monoisotopic (exact) mass is 344 g/mol. The molecular weight excluding hydrogens is 325 g/mol. The summed E-state index contributed by atoms with van der Waals surface area (Å²) >= 11 is 0. The van der Waals surface area contributed by atoms with Gasteiger partial charge < -0.3 is 15.4 Å². The van der Waals surface area contributed by atoms with E-state index in [1.807, 2.05) is 0 Å². The third kappa shape index (κ3) is 5.75. The van der Waals surface area contributed by atoms with Gasteiger partial charge >= 0.3 is 6.18 Å². The third-order valence-electron chi connectivity index (χ3n) is 3.67. The Bertz CT molecular complexity index is 584. The second-order valence-corrected chi connectivity index (χ2v) is 5.63. The molecule has 0 radical (unpaired) electrons. The van der Waals surface area contributed by atoms with Gasteiger partial charge in [-0.05, 0) is 25.0 Å². The minimum Gasteiger partial charge on any atom is -0.483 e. The summed E-state index contributed by atoms with van der Waals surface area (Å²) in [4.78, 5) is 23.7. The Morgan fingerprint density at radius 1 is 1.17 bits per heavy atom. The highest BCUT2D eigenvalue weighted by molar-refractivity contribution is 5.97. The number of rotatable bonds is 6. The van der Waals surface area contributed by atoms with Crippen molar-refractivity contribution in [1.29, 1.82) is 0 Å². The zero-order valence-electron chi connectivity index (χ0n) is 13.0. The Morgan fingerprint density at radius 3 is 2.50 bits per heavy atom.